The van der Waals surface area contributed by atoms with Crippen LogP contribution in [0, 0.1) is 5.92 Å². The predicted molar refractivity (Wildman–Crippen MR) is 116 cm³/mol. The second-order valence-electron chi connectivity index (χ2n) is 7.21. The summed E-state index contributed by atoms with van der Waals surface area (Å²) in [6, 6.07) is 8.09. The van der Waals surface area contributed by atoms with Crippen LogP contribution in [0.25, 0.3) is 11.4 Å². The van der Waals surface area contributed by atoms with Gasteiger partial charge in [0, 0.05) is 43.9 Å². The van der Waals surface area contributed by atoms with Crippen molar-refractivity contribution in [3.8, 4) is 11.4 Å². The summed E-state index contributed by atoms with van der Waals surface area (Å²) in [4.78, 5) is 40.3. The first-order valence-electron chi connectivity index (χ1n) is 9.52. The number of piperidine rings is 1. The number of rotatable bonds is 4. The van der Waals surface area contributed by atoms with Crippen LogP contribution in [0.5, 0.6) is 0 Å². The topological polar surface area (TPSA) is 81.0 Å². The number of hydrogen-bond donors (Lipinski definition) is 0. The Labute approximate surface area is 183 Å². The molecule has 1 aliphatic heterocycles. The van der Waals surface area contributed by atoms with Crippen molar-refractivity contribution < 1.29 is 4.79 Å². The van der Waals surface area contributed by atoms with E-state index < -0.39 is 0 Å². The van der Waals surface area contributed by atoms with Gasteiger partial charge in [-0.1, -0.05) is 23.2 Å². The third-order valence-corrected chi connectivity index (χ3v) is 5.97. The molecule has 1 fully saturated rings. The largest absolute Gasteiger partial charge is 0.341 e. The van der Waals surface area contributed by atoms with E-state index in [2.05, 4.69) is 15.0 Å². The summed E-state index contributed by atoms with van der Waals surface area (Å²) >= 11 is 12.1. The quantitative estimate of drug-likeness (QED) is 0.572. The van der Waals surface area contributed by atoms with Gasteiger partial charge in [0.2, 0.25) is 5.95 Å². The Kier molecular flexibility index (Phi) is 5.83. The van der Waals surface area contributed by atoms with E-state index in [1.165, 1.54) is 17.0 Å². The Bertz CT molecular complexity index is 1150. The Morgan fingerprint density at radius 2 is 1.97 bits per heavy atom. The van der Waals surface area contributed by atoms with Gasteiger partial charge in [0.1, 0.15) is 6.33 Å². The van der Waals surface area contributed by atoms with Crippen molar-refractivity contribution in [2.75, 3.05) is 18.0 Å². The summed E-state index contributed by atoms with van der Waals surface area (Å²) in [6.07, 6.45) is 4.59. The van der Waals surface area contributed by atoms with Crippen LogP contribution in [0.3, 0.4) is 0 Å². The van der Waals surface area contributed by atoms with Crippen LogP contribution in [-0.4, -0.2) is 38.4 Å². The standard InChI is InChI=1S/C21H19Cl2N5O2/c1-27-19(29)10-18(17-6-7-24-12-25-17)26-21(27)28-8-2-3-14(11-28)20(30)13-4-5-15(22)16(23)9-13/h4-7,9-10,12,14H,2-3,8,11H2,1H3. The van der Waals surface area contributed by atoms with Gasteiger partial charge in [0.25, 0.3) is 5.56 Å². The van der Waals surface area contributed by atoms with E-state index in [4.69, 9.17) is 23.2 Å². The maximum absolute atomic E-state index is 13.0. The van der Waals surface area contributed by atoms with Crippen molar-refractivity contribution in [3.05, 3.63) is 68.8 Å². The number of halogens is 2. The van der Waals surface area contributed by atoms with Crippen LogP contribution in [0.2, 0.25) is 10.0 Å². The van der Waals surface area contributed by atoms with Crippen molar-refractivity contribution in [3.63, 3.8) is 0 Å². The van der Waals surface area contributed by atoms with Crippen molar-refractivity contribution in [2.45, 2.75) is 12.8 Å². The van der Waals surface area contributed by atoms with E-state index >= 15 is 0 Å². The number of carbonyl (C=O) groups excluding carboxylic acids is 1. The molecule has 1 unspecified atom stereocenters. The van der Waals surface area contributed by atoms with Crippen molar-refractivity contribution >= 4 is 34.9 Å². The molecule has 3 heterocycles. The molecule has 4 rings (SSSR count). The zero-order valence-corrected chi connectivity index (χ0v) is 17.8. The minimum Gasteiger partial charge on any atom is -0.341 e. The number of carbonyl (C=O) groups is 1. The normalized spacial score (nSPS) is 16.5. The van der Waals surface area contributed by atoms with Crippen LogP contribution < -0.4 is 10.5 Å². The molecule has 1 atom stereocenters. The zero-order chi connectivity index (χ0) is 21.3. The second kappa shape index (κ2) is 8.53. The van der Waals surface area contributed by atoms with Crippen molar-refractivity contribution in [2.24, 2.45) is 13.0 Å². The van der Waals surface area contributed by atoms with E-state index in [1.54, 1.807) is 37.5 Å². The maximum atomic E-state index is 13.0. The number of aromatic nitrogens is 4. The predicted octanol–water partition coefficient (Wildman–Crippen LogP) is 3.64. The lowest BCUT2D eigenvalue weighted by Gasteiger charge is -2.33. The Balaban J connectivity index is 1.63. The molecule has 30 heavy (non-hydrogen) atoms. The number of hydrogen-bond acceptors (Lipinski definition) is 6. The van der Waals surface area contributed by atoms with Crippen LogP contribution in [0.4, 0.5) is 5.95 Å². The maximum Gasteiger partial charge on any atom is 0.255 e. The number of Topliss-reactive ketones (excluding diaryl/α,β-unsaturated/α-hetero) is 1. The third kappa shape index (κ3) is 4.08. The van der Waals surface area contributed by atoms with Gasteiger partial charge >= 0.3 is 0 Å². The number of nitrogens with zero attached hydrogens (tertiary/aromatic N) is 5. The molecule has 0 radical (unpaired) electrons. The minimum atomic E-state index is -0.226. The zero-order valence-electron chi connectivity index (χ0n) is 16.3. The number of benzene rings is 1. The van der Waals surface area contributed by atoms with E-state index in [1.807, 2.05) is 4.90 Å². The highest BCUT2D eigenvalue weighted by Crippen LogP contribution is 2.28. The molecule has 1 aromatic carbocycles. The number of ketones is 1. The Morgan fingerprint density at radius 1 is 1.13 bits per heavy atom. The van der Waals surface area contributed by atoms with Gasteiger partial charge in [-0.3, -0.25) is 14.2 Å². The lowest BCUT2D eigenvalue weighted by molar-refractivity contribution is 0.0906. The first kappa shape index (κ1) is 20.5. The molecule has 2 aromatic heterocycles. The first-order chi connectivity index (χ1) is 14.4. The van der Waals surface area contributed by atoms with Gasteiger partial charge in [-0.2, -0.15) is 0 Å². The highest BCUT2D eigenvalue weighted by Gasteiger charge is 2.29. The molecule has 0 amide bonds. The molecule has 9 heteroatoms. The second-order valence-corrected chi connectivity index (χ2v) is 8.03. The summed E-state index contributed by atoms with van der Waals surface area (Å²) in [5.74, 6) is 0.300. The molecule has 0 N–H and O–H groups in total. The van der Waals surface area contributed by atoms with Crippen LogP contribution in [0.15, 0.2) is 47.7 Å². The summed E-state index contributed by atoms with van der Waals surface area (Å²) in [5.41, 5.74) is 1.40. The fourth-order valence-corrected chi connectivity index (χ4v) is 3.94. The molecule has 1 saturated heterocycles. The molecule has 0 spiro atoms. The fraction of sp³-hybridized carbons (Fsp3) is 0.286. The van der Waals surface area contributed by atoms with Crippen molar-refractivity contribution in [1.29, 1.82) is 0 Å². The van der Waals surface area contributed by atoms with Gasteiger partial charge in [0.05, 0.1) is 21.4 Å². The summed E-state index contributed by atoms with van der Waals surface area (Å²) in [6.45, 7) is 1.17. The molecule has 3 aromatic rings. The average molecular weight is 444 g/mol. The highest BCUT2D eigenvalue weighted by molar-refractivity contribution is 6.42. The molecule has 0 saturated carbocycles. The van der Waals surface area contributed by atoms with Gasteiger partial charge < -0.3 is 4.90 Å². The SMILES string of the molecule is Cn1c(N2CCCC(C(=O)c3ccc(Cl)c(Cl)c3)C2)nc(-c2ccncn2)cc1=O. The molecule has 0 aliphatic carbocycles. The van der Waals surface area contributed by atoms with Gasteiger partial charge in [-0.25, -0.2) is 15.0 Å². The van der Waals surface area contributed by atoms with E-state index in [-0.39, 0.29) is 17.3 Å². The lowest BCUT2D eigenvalue weighted by Crippen LogP contribution is -2.42. The fourth-order valence-electron chi connectivity index (χ4n) is 3.64. The first-order valence-corrected chi connectivity index (χ1v) is 10.3. The molecule has 0 bridgehead atoms. The molecular formula is C21H19Cl2N5O2. The lowest BCUT2D eigenvalue weighted by atomic mass is 9.90. The molecule has 1 aliphatic rings. The minimum absolute atomic E-state index is 0.00946. The van der Waals surface area contributed by atoms with Crippen LogP contribution in [0.1, 0.15) is 23.2 Å². The van der Waals surface area contributed by atoms with Gasteiger partial charge in [0.15, 0.2) is 5.78 Å². The molecule has 154 valence electrons. The summed E-state index contributed by atoms with van der Waals surface area (Å²) < 4.78 is 1.50. The van der Waals surface area contributed by atoms with Crippen molar-refractivity contribution in [1.82, 2.24) is 19.5 Å². The van der Waals surface area contributed by atoms with E-state index in [9.17, 15) is 9.59 Å². The Hall–Kier alpha value is -2.77. The number of anilines is 1. The summed E-state index contributed by atoms with van der Waals surface area (Å²) in [7, 11) is 1.68. The molecule has 7 nitrogen and oxygen atoms in total. The van der Waals surface area contributed by atoms with E-state index in [0.717, 1.165) is 12.8 Å². The van der Waals surface area contributed by atoms with Crippen LogP contribution in [-0.2, 0) is 7.05 Å². The van der Waals surface area contributed by atoms with Gasteiger partial charge in [-0.05, 0) is 37.1 Å². The van der Waals surface area contributed by atoms with Crippen LogP contribution >= 0.6 is 23.2 Å². The highest BCUT2D eigenvalue weighted by atomic mass is 35.5. The summed E-state index contributed by atoms with van der Waals surface area (Å²) in [5, 5.41) is 0.774. The average Bonchev–Trinajstić information content (AvgIpc) is 2.77. The van der Waals surface area contributed by atoms with E-state index in [0.29, 0.717) is 46.0 Å². The molecular weight excluding hydrogens is 425 g/mol. The smallest absolute Gasteiger partial charge is 0.255 e. The Morgan fingerprint density at radius 3 is 2.70 bits per heavy atom. The van der Waals surface area contributed by atoms with Gasteiger partial charge in [-0.15, -0.1) is 0 Å². The third-order valence-electron chi connectivity index (χ3n) is 5.23. The monoisotopic (exact) mass is 443 g/mol.